The highest BCUT2D eigenvalue weighted by atomic mass is 32.1. The molecule has 21 heavy (non-hydrogen) atoms. The number of carbonyl (C=O) groups is 2. The quantitative estimate of drug-likeness (QED) is 0.857. The molecule has 0 spiro atoms. The molecular weight excluding hydrogens is 286 g/mol. The van der Waals surface area contributed by atoms with Crippen molar-refractivity contribution in [2.75, 3.05) is 26.2 Å². The molecule has 0 bridgehead atoms. The van der Waals surface area contributed by atoms with Crippen molar-refractivity contribution in [2.45, 2.75) is 34.1 Å². The lowest BCUT2D eigenvalue weighted by Crippen LogP contribution is -2.51. The average molecular weight is 309 g/mol. The summed E-state index contributed by atoms with van der Waals surface area (Å²) in [7, 11) is 0. The van der Waals surface area contributed by atoms with Crippen LogP contribution >= 0.6 is 11.3 Å². The fourth-order valence-electron chi connectivity index (χ4n) is 2.44. The van der Waals surface area contributed by atoms with Gasteiger partial charge in [-0.3, -0.25) is 9.59 Å². The molecule has 0 atom stereocenters. The molecule has 0 radical (unpaired) electrons. The maximum Gasteiger partial charge on any atom is 0.265 e. The van der Waals surface area contributed by atoms with Crippen LogP contribution < -0.4 is 0 Å². The summed E-state index contributed by atoms with van der Waals surface area (Å²) in [4.78, 5) is 33.4. The van der Waals surface area contributed by atoms with Crippen molar-refractivity contribution in [1.29, 1.82) is 0 Å². The van der Waals surface area contributed by atoms with E-state index in [-0.39, 0.29) is 17.7 Å². The van der Waals surface area contributed by atoms with Gasteiger partial charge in [-0.25, -0.2) is 4.98 Å². The summed E-state index contributed by atoms with van der Waals surface area (Å²) in [5, 5.41) is 1.00. The van der Waals surface area contributed by atoms with Crippen LogP contribution in [-0.2, 0) is 11.2 Å². The van der Waals surface area contributed by atoms with Crippen molar-refractivity contribution in [3.05, 3.63) is 15.6 Å². The van der Waals surface area contributed by atoms with Crippen LogP contribution in [0.25, 0.3) is 0 Å². The molecular formula is C15H23N3O2S. The van der Waals surface area contributed by atoms with Gasteiger partial charge in [0.1, 0.15) is 4.88 Å². The van der Waals surface area contributed by atoms with Crippen LogP contribution in [0.1, 0.15) is 41.1 Å². The predicted molar refractivity (Wildman–Crippen MR) is 83.6 cm³/mol. The molecule has 0 aromatic carbocycles. The van der Waals surface area contributed by atoms with E-state index in [9.17, 15) is 9.59 Å². The monoisotopic (exact) mass is 309 g/mol. The number of aromatic nitrogens is 1. The summed E-state index contributed by atoms with van der Waals surface area (Å²) in [6.07, 6.45) is 0.857. The number of nitrogens with zero attached hydrogens (tertiary/aromatic N) is 3. The summed E-state index contributed by atoms with van der Waals surface area (Å²) in [5.74, 6) is 0.244. The van der Waals surface area contributed by atoms with E-state index < -0.39 is 0 Å². The normalized spacial score (nSPS) is 15.7. The first-order valence-corrected chi connectivity index (χ1v) is 8.30. The van der Waals surface area contributed by atoms with E-state index >= 15 is 0 Å². The molecule has 2 rings (SSSR count). The first-order chi connectivity index (χ1) is 9.93. The number of hydrogen-bond acceptors (Lipinski definition) is 4. The van der Waals surface area contributed by atoms with E-state index in [0.717, 1.165) is 22.0 Å². The first kappa shape index (κ1) is 15.9. The molecule has 0 saturated carbocycles. The van der Waals surface area contributed by atoms with E-state index in [1.54, 1.807) is 0 Å². The summed E-state index contributed by atoms with van der Waals surface area (Å²) < 4.78 is 0. The smallest absolute Gasteiger partial charge is 0.265 e. The van der Waals surface area contributed by atoms with Gasteiger partial charge in [-0.05, 0) is 13.3 Å². The standard InChI is InChI=1S/C15H23N3O2S/c1-5-12-16-11(4)13(21-12)15(20)18-8-6-17(7-9-18)14(19)10(2)3/h10H,5-9H2,1-4H3. The molecule has 1 saturated heterocycles. The van der Waals surface area contributed by atoms with Gasteiger partial charge in [0.15, 0.2) is 0 Å². The lowest BCUT2D eigenvalue weighted by molar-refractivity contribution is -0.135. The highest BCUT2D eigenvalue weighted by Crippen LogP contribution is 2.21. The maximum absolute atomic E-state index is 12.6. The Morgan fingerprint density at radius 3 is 2.24 bits per heavy atom. The van der Waals surface area contributed by atoms with E-state index in [4.69, 9.17) is 0 Å². The zero-order chi connectivity index (χ0) is 15.6. The van der Waals surface area contributed by atoms with Crippen LogP contribution in [0, 0.1) is 12.8 Å². The SMILES string of the molecule is CCc1nc(C)c(C(=O)N2CCN(C(=O)C(C)C)CC2)s1. The van der Waals surface area contributed by atoms with Gasteiger partial charge in [-0.2, -0.15) is 0 Å². The van der Waals surface area contributed by atoms with Crippen molar-refractivity contribution < 1.29 is 9.59 Å². The molecule has 6 heteroatoms. The second-order valence-corrected chi connectivity index (χ2v) is 6.73. The van der Waals surface area contributed by atoms with Gasteiger partial charge in [0, 0.05) is 32.1 Å². The molecule has 0 N–H and O–H groups in total. The molecule has 1 aliphatic heterocycles. The second-order valence-electron chi connectivity index (χ2n) is 5.65. The van der Waals surface area contributed by atoms with Gasteiger partial charge in [0.25, 0.3) is 5.91 Å². The maximum atomic E-state index is 12.6. The second kappa shape index (κ2) is 6.56. The molecule has 0 unspecified atom stereocenters. The number of carbonyl (C=O) groups excluding carboxylic acids is 2. The topological polar surface area (TPSA) is 53.5 Å². The zero-order valence-corrected chi connectivity index (χ0v) is 14.0. The number of piperazine rings is 1. The van der Waals surface area contributed by atoms with Crippen molar-refractivity contribution in [3.8, 4) is 0 Å². The lowest BCUT2D eigenvalue weighted by Gasteiger charge is -2.35. The molecule has 1 aromatic rings. The predicted octanol–water partition coefficient (Wildman–Crippen LogP) is 1.95. The van der Waals surface area contributed by atoms with Gasteiger partial charge in [0.2, 0.25) is 5.91 Å². The van der Waals surface area contributed by atoms with Crippen LogP contribution in [0.5, 0.6) is 0 Å². The van der Waals surface area contributed by atoms with E-state index in [1.165, 1.54) is 11.3 Å². The van der Waals surface area contributed by atoms with Crippen LogP contribution in [0.2, 0.25) is 0 Å². The molecule has 1 fully saturated rings. The number of hydrogen-bond donors (Lipinski definition) is 0. The van der Waals surface area contributed by atoms with E-state index in [2.05, 4.69) is 4.98 Å². The summed E-state index contributed by atoms with van der Waals surface area (Å²) in [6, 6.07) is 0. The summed E-state index contributed by atoms with van der Waals surface area (Å²) in [5.41, 5.74) is 0.822. The number of amides is 2. The highest BCUT2D eigenvalue weighted by molar-refractivity contribution is 7.13. The van der Waals surface area contributed by atoms with Crippen molar-refractivity contribution in [2.24, 2.45) is 5.92 Å². The molecule has 1 aromatic heterocycles. The summed E-state index contributed by atoms with van der Waals surface area (Å²) >= 11 is 1.49. The fourth-order valence-corrected chi connectivity index (χ4v) is 3.41. The lowest BCUT2D eigenvalue weighted by atomic mass is 10.1. The van der Waals surface area contributed by atoms with E-state index in [0.29, 0.717) is 26.2 Å². The van der Waals surface area contributed by atoms with Crippen LogP contribution in [-0.4, -0.2) is 52.8 Å². The fraction of sp³-hybridized carbons (Fsp3) is 0.667. The van der Waals surface area contributed by atoms with Crippen LogP contribution in [0.4, 0.5) is 0 Å². The van der Waals surface area contributed by atoms with Crippen molar-refractivity contribution >= 4 is 23.2 Å². The largest absolute Gasteiger partial charge is 0.339 e. The first-order valence-electron chi connectivity index (χ1n) is 7.48. The Bertz CT molecular complexity index is 531. The summed E-state index contributed by atoms with van der Waals surface area (Å²) in [6.45, 7) is 10.2. The van der Waals surface area contributed by atoms with Gasteiger partial charge >= 0.3 is 0 Å². The van der Waals surface area contributed by atoms with Crippen molar-refractivity contribution in [3.63, 3.8) is 0 Å². The minimum Gasteiger partial charge on any atom is -0.339 e. The average Bonchev–Trinajstić information content (AvgIpc) is 2.87. The molecule has 2 amide bonds. The van der Waals surface area contributed by atoms with Crippen LogP contribution in [0.15, 0.2) is 0 Å². The Kier molecular flexibility index (Phi) is 4.98. The Morgan fingerprint density at radius 2 is 1.76 bits per heavy atom. The number of rotatable bonds is 3. The molecule has 116 valence electrons. The molecule has 2 heterocycles. The van der Waals surface area contributed by atoms with Gasteiger partial charge in [0.05, 0.1) is 10.7 Å². The van der Waals surface area contributed by atoms with Gasteiger partial charge in [-0.1, -0.05) is 20.8 Å². The number of thiazole rings is 1. The Balaban J connectivity index is 2.00. The highest BCUT2D eigenvalue weighted by Gasteiger charge is 2.27. The van der Waals surface area contributed by atoms with Gasteiger partial charge < -0.3 is 9.80 Å². The minimum absolute atomic E-state index is 0.0168. The third-order valence-electron chi connectivity index (χ3n) is 3.71. The Hall–Kier alpha value is -1.43. The molecule has 0 aliphatic carbocycles. The Labute approximate surface area is 130 Å². The molecule has 5 nitrogen and oxygen atoms in total. The van der Waals surface area contributed by atoms with Crippen LogP contribution in [0.3, 0.4) is 0 Å². The third kappa shape index (κ3) is 3.43. The molecule has 1 aliphatic rings. The van der Waals surface area contributed by atoms with Gasteiger partial charge in [-0.15, -0.1) is 11.3 Å². The number of aryl methyl sites for hydroxylation is 2. The third-order valence-corrected chi connectivity index (χ3v) is 5.00. The van der Waals surface area contributed by atoms with E-state index in [1.807, 2.05) is 37.5 Å². The van der Waals surface area contributed by atoms with Crippen molar-refractivity contribution in [1.82, 2.24) is 14.8 Å². The Morgan fingerprint density at radius 1 is 1.19 bits per heavy atom. The zero-order valence-electron chi connectivity index (χ0n) is 13.2. The minimum atomic E-state index is 0.0168.